The van der Waals surface area contributed by atoms with E-state index in [2.05, 4.69) is 21.2 Å². The summed E-state index contributed by atoms with van der Waals surface area (Å²) in [6.07, 6.45) is 0.00592. The molecule has 0 saturated carbocycles. The Morgan fingerprint density at radius 1 is 1.40 bits per heavy atom. The molecule has 0 atom stereocenters. The topological polar surface area (TPSA) is 99.7 Å². The van der Waals surface area contributed by atoms with Gasteiger partial charge in [-0.25, -0.2) is 5.43 Å². The summed E-state index contributed by atoms with van der Waals surface area (Å²) in [6, 6.07) is 0. The number of amides is 3. The molecule has 7 heteroatoms. The van der Waals surface area contributed by atoms with Gasteiger partial charge in [-0.05, 0) is 0 Å². The van der Waals surface area contributed by atoms with Crippen LogP contribution in [-0.2, 0) is 14.4 Å². The Morgan fingerprint density at radius 2 is 2.07 bits per heavy atom. The van der Waals surface area contributed by atoms with E-state index in [4.69, 9.17) is 0 Å². The van der Waals surface area contributed by atoms with Crippen LogP contribution in [0.2, 0.25) is 0 Å². The van der Waals surface area contributed by atoms with Gasteiger partial charge in [0.2, 0.25) is 11.8 Å². The van der Waals surface area contributed by atoms with Crippen molar-refractivity contribution in [2.24, 2.45) is 5.10 Å². The number of carbonyl (C=O) groups excluding carboxylic acids is 3. The molecule has 1 rings (SSSR count). The van der Waals surface area contributed by atoms with E-state index in [1.54, 1.807) is 0 Å². The van der Waals surface area contributed by atoms with E-state index in [9.17, 15) is 14.4 Å². The average Bonchev–Trinajstić information content (AvgIpc) is 2.59. The van der Waals surface area contributed by atoms with Gasteiger partial charge in [-0.3, -0.25) is 14.4 Å². The second-order valence-electron chi connectivity index (χ2n) is 3.01. The molecule has 0 unspecified atom stereocenters. The molecule has 3 N–H and O–H groups in total. The first-order valence-corrected chi connectivity index (χ1v) is 4.47. The van der Waals surface area contributed by atoms with E-state index in [1.165, 1.54) is 6.92 Å². The number of nitrogens with zero attached hydrogens (tertiary/aromatic N) is 1. The number of hydrogen-bond donors (Lipinski definition) is 3. The zero-order chi connectivity index (χ0) is 11.3. The number of nitrogens with one attached hydrogen (secondary N) is 3. The van der Waals surface area contributed by atoms with Crippen molar-refractivity contribution in [3.05, 3.63) is 0 Å². The zero-order valence-electron chi connectivity index (χ0n) is 8.29. The fourth-order valence-electron chi connectivity index (χ4n) is 1.01. The van der Waals surface area contributed by atoms with Crippen LogP contribution in [0.3, 0.4) is 0 Å². The molecule has 0 aliphatic carbocycles. The lowest BCUT2D eigenvalue weighted by Gasteiger charge is -2.03. The molecule has 15 heavy (non-hydrogen) atoms. The van der Waals surface area contributed by atoms with Crippen LogP contribution in [0, 0.1) is 0 Å². The van der Waals surface area contributed by atoms with Crippen molar-refractivity contribution in [1.82, 2.24) is 16.1 Å². The van der Waals surface area contributed by atoms with Crippen LogP contribution in [0.4, 0.5) is 0 Å². The smallest absolute Gasteiger partial charge is 0.268 e. The normalized spacial score (nSPS) is 14.2. The molecule has 0 aromatic heterocycles. The third kappa shape index (κ3) is 3.75. The lowest BCUT2D eigenvalue weighted by Crippen LogP contribution is -2.37. The SMILES string of the molecule is CC(=O)NCCNC(=O)C1=NNC(=O)C1. The predicted molar refractivity (Wildman–Crippen MR) is 51.9 cm³/mol. The summed E-state index contributed by atoms with van der Waals surface area (Å²) in [6.45, 7) is 2.06. The molecule has 82 valence electrons. The number of carbonyl (C=O) groups is 3. The van der Waals surface area contributed by atoms with Crippen molar-refractivity contribution in [3.8, 4) is 0 Å². The van der Waals surface area contributed by atoms with Crippen molar-refractivity contribution in [3.63, 3.8) is 0 Å². The maximum absolute atomic E-state index is 11.3. The third-order valence-corrected chi connectivity index (χ3v) is 1.69. The fraction of sp³-hybridized carbons (Fsp3) is 0.500. The van der Waals surface area contributed by atoms with Crippen LogP contribution in [-0.4, -0.2) is 36.5 Å². The van der Waals surface area contributed by atoms with E-state index in [0.717, 1.165) is 0 Å². The van der Waals surface area contributed by atoms with Gasteiger partial charge in [-0.1, -0.05) is 0 Å². The molecular formula is C8H12N4O3. The first-order valence-electron chi connectivity index (χ1n) is 4.47. The van der Waals surface area contributed by atoms with E-state index < -0.39 is 5.91 Å². The minimum atomic E-state index is -0.390. The first kappa shape index (κ1) is 11.2. The second-order valence-corrected chi connectivity index (χ2v) is 3.01. The fourth-order valence-corrected chi connectivity index (χ4v) is 1.01. The molecule has 0 fully saturated rings. The molecule has 0 aromatic rings. The van der Waals surface area contributed by atoms with Gasteiger partial charge < -0.3 is 10.6 Å². The summed E-state index contributed by atoms with van der Waals surface area (Å²) in [5.74, 6) is -0.833. The van der Waals surface area contributed by atoms with Crippen LogP contribution < -0.4 is 16.1 Å². The second kappa shape index (κ2) is 5.08. The predicted octanol–water partition coefficient (Wildman–Crippen LogP) is -1.89. The quantitative estimate of drug-likeness (QED) is 0.475. The molecule has 0 saturated heterocycles. The Hall–Kier alpha value is -1.92. The molecule has 0 bridgehead atoms. The highest BCUT2D eigenvalue weighted by Crippen LogP contribution is 1.94. The van der Waals surface area contributed by atoms with E-state index >= 15 is 0 Å². The lowest BCUT2D eigenvalue weighted by molar-refractivity contribution is -0.120. The molecule has 1 aliphatic rings. The van der Waals surface area contributed by atoms with Crippen LogP contribution in [0.25, 0.3) is 0 Å². The third-order valence-electron chi connectivity index (χ3n) is 1.69. The summed E-state index contributed by atoms with van der Waals surface area (Å²) in [5.41, 5.74) is 2.35. The van der Waals surface area contributed by atoms with Crippen molar-refractivity contribution >= 4 is 23.4 Å². The summed E-state index contributed by atoms with van der Waals surface area (Å²) < 4.78 is 0. The highest BCUT2D eigenvalue weighted by Gasteiger charge is 2.20. The molecule has 0 aromatic carbocycles. The van der Waals surface area contributed by atoms with Crippen molar-refractivity contribution in [2.45, 2.75) is 13.3 Å². The standard InChI is InChI=1S/C8H12N4O3/c1-5(13)9-2-3-10-8(15)6-4-7(14)12-11-6/h2-4H2,1H3,(H,9,13)(H,10,15)(H,12,14). The highest BCUT2D eigenvalue weighted by molar-refractivity contribution is 6.43. The maximum atomic E-state index is 11.3. The monoisotopic (exact) mass is 212 g/mol. The molecule has 1 heterocycles. The van der Waals surface area contributed by atoms with Crippen LogP contribution >= 0.6 is 0 Å². The van der Waals surface area contributed by atoms with E-state index in [-0.39, 0.29) is 23.9 Å². The van der Waals surface area contributed by atoms with Gasteiger partial charge in [0, 0.05) is 20.0 Å². The molecule has 0 spiro atoms. The largest absolute Gasteiger partial charge is 0.355 e. The van der Waals surface area contributed by atoms with Crippen molar-refractivity contribution < 1.29 is 14.4 Å². The van der Waals surface area contributed by atoms with Gasteiger partial charge in [0.1, 0.15) is 5.71 Å². The van der Waals surface area contributed by atoms with Crippen molar-refractivity contribution in [2.75, 3.05) is 13.1 Å². The number of hydrazone groups is 1. The number of hydrogen-bond acceptors (Lipinski definition) is 4. The van der Waals surface area contributed by atoms with E-state index in [0.29, 0.717) is 13.1 Å². The van der Waals surface area contributed by atoms with Gasteiger partial charge in [0.25, 0.3) is 5.91 Å². The Kier molecular flexibility index (Phi) is 3.78. The van der Waals surface area contributed by atoms with Crippen LogP contribution in [0.1, 0.15) is 13.3 Å². The Balaban J connectivity index is 2.19. The minimum Gasteiger partial charge on any atom is -0.355 e. The van der Waals surface area contributed by atoms with Crippen LogP contribution in [0.15, 0.2) is 5.10 Å². The number of rotatable bonds is 4. The molecule has 0 radical (unpaired) electrons. The van der Waals surface area contributed by atoms with Gasteiger partial charge in [0.05, 0.1) is 6.42 Å². The van der Waals surface area contributed by atoms with Gasteiger partial charge >= 0.3 is 0 Å². The minimum absolute atomic E-state index is 0.00592. The highest BCUT2D eigenvalue weighted by atomic mass is 16.2. The molecule has 7 nitrogen and oxygen atoms in total. The van der Waals surface area contributed by atoms with Crippen LogP contribution in [0.5, 0.6) is 0 Å². The first-order chi connectivity index (χ1) is 7.09. The van der Waals surface area contributed by atoms with Gasteiger partial charge in [-0.15, -0.1) is 0 Å². The summed E-state index contributed by atoms with van der Waals surface area (Å²) in [4.78, 5) is 32.5. The van der Waals surface area contributed by atoms with Crippen molar-refractivity contribution in [1.29, 1.82) is 0 Å². The van der Waals surface area contributed by atoms with E-state index in [1.807, 2.05) is 0 Å². The zero-order valence-corrected chi connectivity index (χ0v) is 8.29. The summed E-state index contributed by atoms with van der Waals surface area (Å²) >= 11 is 0. The maximum Gasteiger partial charge on any atom is 0.268 e. The van der Waals surface area contributed by atoms with Gasteiger partial charge in [-0.2, -0.15) is 5.10 Å². The lowest BCUT2D eigenvalue weighted by atomic mass is 10.2. The summed E-state index contributed by atoms with van der Waals surface area (Å²) in [7, 11) is 0. The molecular weight excluding hydrogens is 200 g/mol. The summed E-state index contributed by atoms with van der Waals surface area (Å²) in [5, 5.41) is 8.60. The Labute approximate surface area is 86.3 Å². The Bertz CT molecular complexity index is 324. The van der Waals surface area contributed by atoms with Gasteiger partial charge in [0.15, 0.2) is 0 Å². The Morgan fingerprint density at radius 3 is 2.60 bits per heavy atom. The molecule has 3 amide bonds. The average molecular weight is 212 g/mol. The molecule has 1 aliphatic heterocycles.